The molecule has 0 nitrogen and oxygen atoms in total. The highest BCUT2D eigenvalue weighted by molar-refractivity contribution is 6.72. The highest BCUT2D eigenvalue weighted by Crippen LogP contribution is 2.42. The molecule has 6 rings (SSSR count). The third kappa shape index (κ3) is 3.40. The van der Waals surface area contributed by atoms with E-state index in [0.29, 0.717) is 27.3 Å². The molecule has 0 heterocycles. The van der Waals surface area contributed by atoms with Crippen molar-refractivity contribution < 1.29 is 0 Å². The van der Waals surface area contributed by atoms with E-state index < -0.39 is 0 Å². The lowest BCUT2D eigenvalue weighted by Crippen LogP contribution is -2.52. The molecule has 0 N–H and O–H groups in total. The maximum Gasteiger partial charge on any atom is 0.115 e. The third-order valence-corrected chi connectivity index (χ3v) is 7.27. The Balaban J connectivity index is 1.87. The number of rotatable bonds is 2. The van der Waals surface area contributed by atoms with Crippen LogP contribution < -0.4 is 38.2 Å². The lowest BCUT2D eigenvalue weighted by molar-refractivity contribution is 1.67. The smallest absolute Gasteiger partial charge is 0.110 e. The second-order valence-electron chi connectivity index (χ2n) is 9.23. The molecule has 6 aromatic rings. The van der Waals surface area contributed by atoms with Crippen molar-refractivity contribution in [2.75, 3.05) is 0 Å². The number of fused-ring (bicyclic) bond motifs is 3. The van der Waals surface area contributed by atoms with E-state index in [4.69, 9.17) is 54.9 Å². The van der Waals surface area contributed by atoms with Crippen molar-refractivity contribution in [1.29, 1.82) is 0 Å². The van der Waals surface area contributed by atoms with Crippen LogP contribution in [0.5, 0.6) is 0 Å². The largest absolute Gasteiger partial charge is 0.115 e. The number of benzene rings is 6. The summed E-state index contributed by atoms with van der Waals surface area (Å²) in [6.07, 6.45) is 0. The summed E-state index contributed by atoms with van der Waals surface area (Å²) in [6.45, 7) is 0. The Morgan fingerprint density at radius 3 is 1.16 bits per heavy atom. The number of hydrogen-bond donors (Lipinski definition) is 0. The monoisotopic (exact) mass is 450 g/mol. The molecule has 0 unspecified atom stereocenters. The Morgan fingerprint density at radius 2 is 0.676 bits per heavy atom. The van der Waals surface area contributed by atoms with E-state index in [0.717, 1.165) is 38.2 Å². The lowest BCUT2D eigenvalue weighted by atomic mass is 9.58. The number of hydrogen-bond acceptors (Lipinski definition) is 0. The molecule has 0 fully saturated rings. The van der Waals surface area contributed by atoms with Crippen molar-refractivity contribution in [2.24, 2.45) is 0 Å². The molecule has 0 aliphatic heterocycles. The summed E-state index contributed by atoms with van der Waals surface area (Å²) >= 11 is 0. The van der Waals surface area contributed by atoms with Gasteiger partial charge in [0.05, 0.1) is 0 Å². The molecule has 0 aromatic heterocycles. The van der Waals surface area contributed by atoms with Gasteiger partial charge in [-0.1, -0.05) is 106 Å². The fraction of sp³-hybridized carbons (Fsp3) is 0. The van der Waals surface area contributed by atoms with Crippen molar-refractivity contribution in [3.05, 3.63) is 78.9 Å². The van der Waals surface area contributed by atoms with Crippen LogP contribution in [0.4, 0.5) is 0 Å². The molecule has 0 saturated heterocycles. The zero-order chi connectivity index (χ0) is 26.0. The molecule has 0 aliphatic carbocycles. The van der Waals surface area contributed by atoms with Gasteiger partial charge in [-0.25, -0.2) is 0 Å². The van der Waals surface area contributed by atoms with Crippen molar-refractivity contribution in [1.82, 2.24) is 0 Å². The van der Waals surface area contributed by atoms with Gasteiger partial charge in [-0.15, -0.1) is 10.9 Å². The second kappa shape index (κ2) is 8.84. The summed E-state index contributed by atoms with van der Waals surface area (Å²) in [5.41, 5.74) is 5.36. The molecular formula is C30H13B7. The first-order valence-corrected chi connectivity index (χ1v) is 11.8. The van der Waals surface area contributed by atoms with Gasteiger partial charge in [0.25, 0.3) is 0 Å². The summed E-state index contributed by atoms with van der Waals surface area (Å²) in [4.78, 5) is 0. The minimum Gasteiger partial charge on any atom is -0.110 e. The zero-order valence-corrected chi connectivity index (χ0v) is 20.0. The van der Waals surface area contributed by atoms with Gasteiger partial charge in [-0.05, 0) is 54.6 Å². The summed E-state index contributed by atoms with van der Waals surface area (Å²) in [7, 11) is 45.3. The van der Waals surface area contributed by atoms with Crippen molar-refractivity contribution >= 4 is 125 Å². The molecule has 154 valence electrons. The van der Waals surface area contributed by atoms with Crippen molar-refractivity contribution in [3.8, 4) is 22.3 Å². The fourth-order valence-corrected chi connectivity index (χ4v) is 5.51. The predicted molar refractivity (Wildman–Crippen MR) is 168 cm³/mol. The molecule has 14 radical (unpaired) electrons. The van der Waals surface area contributed by atoms with Gasteiger partial charge in [0, 0.05) is 0 Å². The summed E-state index contributed by atoms with van der Waals surface area (Å²) in [6, 6.07) is 26.7. The van der Waals surface area contributed by atoms with Crippen LogP contribution in [0.1, 0.15) is 0 Å². The minimum atomic E-state index is 0.159. The molecule has 37 heavy (non-hydrogen) atoms. The SMILES string of the molecule is [B]c1c([B])c([B])c2c([B])c(-c3c4ccccc4c(-c4ccccc4)c4ccccc34)c([B])c([B])c2c1[B]. The average Bonchev–Trinajstić information content (AvgIpc) is 2.92. The molecule has 0 saturated carbocycles. The van der Waals surface area contributed by atoms with Gasteiger partial charge in [0.15, 0.2) is 0 Å². The van der Waals surface area contributed by atoms with Crippen LogP contribution in [0.3, 0.4) is 0 Å². The van der Waals surface area contributed by atoms with E-state index in [-0.39, 0.29) is 27.3 Å². The topological polar surface area (TPSA) is 0 Å². The first kappa shape index (κ1) is 23.9. The Kier molecular flexibility index (Phi) is 5.72. The molecule has 7 heteroatoms. The van der Waals surface area contributed by atoms with E-state index in [1.165, 1.54) is 0 Å². The van der Waals surface area contributed by atoms with E-state index in [2.05, 4.69) is 36.4 Å². The van der Waals surface area contributed by atoms with E-state index in [9.17, 15) is 0 Å². The third-order valence-electron chi connectivity index (χ3n) is 7.27. The van der Waals surface area contributed by atoms with Crippen LogP contribution in [0.15, 0.2) is 78.9 Å². The van der Waals surface area contributed by atoms with Crippen LogP contribution in [0.2, 0.25) is 0 Å². The first-order chi connectivity index (χ1) is 17.8. The predicted octanol–water partition coefficient (Wildman–Crippen LogP) is 0.0368. The van der Waals surface area contributed by atoms with E-state index in [1.807, 2.05) is 42.5 Å². The van der Waals surface area contributed by atoms with Crippen LogP contribution in [-0.2, 0) is 0 Å². The van der Waals surface area contributed by atoms with Crippen molar-refractivity contribution in [2.45, 2.75) is 0 Å². The lowest BCUT2D eigenvalue weighted by Gasteiger charge is -2.27. The minimum absolute atomic E-state index is 0.159. The van der Waals surface area contributed by atoms with E-state index in [1.54, 1.807) is 0 Å². The Bertz CT molecular complexity index is 1840. The molecule has 0 atom stereocenters. The van der Waals surface area contributed by atoms with Gasteiger partial charge in [0.1, 0.15) is 54.9 Å². The van der Waals surface area contributed by atoms with Gasteiger partial charge in [-0.2, -0.15) is 0 Å². The maximum atomic E-state index is 6.87. The van der Waals surface area contributed by atoms with Crippen LogP contribution in [0.25, 0.3) is 54.6 Å². The van der Waals surface area contributed by atoms with Crippen LogP contribution >= 0.6 is 0 Å². The van der Waals surface area contributed by atoms with Crippen molar-refractivity contribution in [3.63, 3.8) is 0 Å². The normalized spacial score (nSPS) is 11.5. The molecule has 0 aliphatic rings. The van der Waals surface area contributed by atoms with Gasteiger partial charge in [-0.3, -0.25) is 0 Å². The highest BCUT2D eigenvalue weighted by Gasteiger charge is 2.22. The molecule has 0 spiro atoms. The zero-order valence-electron chi connectivity index (χ0n) is 20.0. The van der Waals surface area contributed by atoms with Gasteiger partial charge in [0.2, 0.25) is 0 Å². The second-order valence-corrected chi connectivity index (χ2v) is 9.23. The Labute approximate surface area is 226 Å². The summed E-state index contributed by atoms with van der Waals surface area (Å²) in [5.74, 6) is 0. The standard InChI is InChI=1S/C30H13B7/c31-24-21(25(32)26(33)23-22(24)27(34)29(36)30(37)28(23)35)20-17-12-6-4-10-15(17)19(14-8-2-1-3-9-14)16-11-5-7-13-18(16)20/h1-13H. The Hall–Kier alpha value is -3.45. The van der Waals surface area contributed by atoms with Crippen LogP contribution in [-0.4, -0.2) is 54.9 Å². The maximum absolute atomic E-state index is 6.87. The highest BCUT2D eigenvalue weighted by atomic mass is 14.2. The van der Waals surface area contributed by atoms with Crippen LogP contribution in [0, 0.1) is 0 Å². The summed E-state index contributed by atoms with van der Waals surface area (Å²) < 4.78 is 0. The van der Waals surface area contributed by atoms with E-state index >= 15 is 0 Å². The van der Waals surface area contributed by atoms with Gasteiger partial charge < -0.3 is 0 Å². The molecular weight excluding hydrogens is 436 g/mol. The average molecular weight is 449 g/mol. The molecule has 0 bridgehead atoms. The first-order valence-electron chi connectivity index (χ1n) is 11.8. The molecule has 6 aromatic carbocycles. The quantitative estimate of drug-likeness (QED) is 0.259. The molecule has 0 amide bonds. The Morgan fingerprint density at radius 1 is 0.297 bits per heavy atom. The fourth-order valence-electron chi connectivity index (χ4n) is 5.51. The summed E-state index contributed by atoms with van der Waals surface area (Å²) in [5, 5.41) is 4.94. The van der Waals surface area contributed by atoms with Gasteiger partial charge >= 0.3 is 0 Å².